The van der Waals surface area contributed by atoms with E-state index in [4.69, 9.17) is 17.3 Å². The van der Waals surface area contributed by atoms with Crippen LogP contribution in [0.25, 0.3) is 0 Å². The lowest BCUT2D eigenvalue weighted by atomic mass is 10.0. The van der Waals surface area contributed by atoms with Crippen LogP contribution >= 0.6 is 27.5 Å². The van der Waals surface area contributed by atoms with Crippen LogP contribution in [0.2, 0.25) is 5.02 Å². The molecule has 76 valence electrons. The molecular formula is C10H11BrClNO. The van der Waals surface area contributed by atoms with Crippen LogP contribution < -0.4 is 5.73 Å². The standard InChI is InChI=1S/C10H11BrClNO/c11-8-7(12)4-3-6(10(8)14)9(13)5-1-2-5/h3-5,9,14H,1-2,13H2. The molecule has 0 bridgehead atoms. The van der Waals surface area contributed by atoms with Crippen LogP contribution in [-0.4, -0.2) is 5.11 Å². The minimum absolute atomic E-state index is 0.0661. The zero-order valence-electron chi connectivity index (χ0n) is 7.50. The highest BCUT2D eigenvalue weighted by molar-refractivity contribution is 9.10. The smallest absolute Gasteiger partial charge is 0.136 e. The summed E-state index contributed by atoms with van der Waals surface area (Å²) in [6.45, 7) is 0. The predicted molar refractivity (Wildman–Crippen MR) is 60.5 cm³/mol. The van der Waals surface area contributed by atoms with Gasteiger partial charge < -0.3 is 10.8 Å². The second kappa shape index (κ2) is 3.72. The molecule has 1 aliphatic carbocycles. The monoisotopic (exact) mass is 275 g/mol. The van der Waals surface area contributed by atoms with Crippen molar-refractivity contribution in [2.45, 2.75) is 18.9 Å². The molecule has 1 aromatic rings. The van der Waals surface area contributed by atoms with Gasteiger partial charge in [0, 0.05) is 11.6 Å². The van der Waals surface area contributed by atoms with Crippen LogP contribution in [-0.2, 0) is 0 Å². The quantitative estimate of drug-likeness (QED) is 0.871. The number of aromatic hydroxyl groups is 1. The third-order valence-electron chi connectivity index (χ3n) is 2.59. The van der Waals surface area contributed by atoms with Gasteiger partial charge in [0.1, 0.15) is 5.75 Å². The van der Waals surface area contributed by atoms with Crippen LogP contribution in [0.5, 0.6) is 5.75 Å². The highest BCUT2D eigenvalue weighted by Crippen LogP contribution is 2.44. The van der Waals surface area contributed by atoms with Crippen molar-refractivity contribution in [2.75, 3.05) is 0 Å². The molecule has 0 amide bonds. The van der Waals surface area contributed by atoms with Gasteiger partial charge in [0.15, 0.2) is 0 Å². The maximum absolute atomic E-state index is 9.81. The molecule has 2 rings (SSSR count). The molecule has 2 nitrogen and oxygen atoms in total. The Bertz CT molecular complexity index is 365. The van der Waals surface area contributed by atoms with Gasteiger partial charge in [0.05, 0.1) is 9.50 Å². The van der Waals surface area contributed by atoms with Crippen molar-refractivity contribution in [3.63, 3.8) is 0 Å². The van der Waals surface area contributed by atoms with Crippen LogP contribution in [0.15, 0.2) is 16.6 Å². The molecule has 0 aromatic heterocycles. The van der Waals surface area contributed by atoms with E-state index in [0.717, 1.165) is 18.4 Å². The van der Waals surface area contributed by atoms with Crippen molar-refractivity contribution in [1.29, 1.82) is 0 Å². The summed E-state index contributed by atoms with van der Waals surface area (Å²) >= 11 is 9.07. The lowest BCUT2D eigenvalue weighted by molar-refractivity contribution is 0.453. The molecule has 1 fully saturated rings. The van der Waals surface area contributed by atoms with E-state index >= 15 is 0 Å². The van der Waals surface area contributed by atoms with E-state index in [1.54, 1.807) is 12.1 Å². The maximum Gasteiger partial charge on any atom is 0.136 e. The predicted octanol–water partition coefficient (Wildman–Crippen LogP) is 3.22. The Morgan fingerprint density at radius 3 is 2.71 bits per heavy atom. The first-order chi connectivity index (χ1) is 6.61. The van der Waals surface area contributed by atoms with Gasteiger partial charge in [-0.05, 0) is 40.8 Å². The number of nitrogens with two attached hydrogens (primary N) is 1. The number of benzene rings is 1. The van der Waals surface area contributed by atoms with E-state index < -0.39 is 0 Å². The van der Waals surface area contributed by atoms with Gasteiger partial charge in [0.2, 0.25) is 0 Å². The van der Waals surface area contributed by atoms with Crippen molar-refractivity contribution < 1.29 is 5.11 Å². The molecular weight excluding hydrogens is 265 g/mol. The first-order valence-corrected chi connectivity index (χ1v) is 5.71. The number of rotatable bonds is 2. The van der Waals surface area contributed by atoms with Crippen molar-refractivity contribution in [3.05, 3.63) is 27.2 Å². The number of hydrogen-bond acceptors (Lipinski definition) is 2. The van der Waals surface area contributed by atoms with Gasteiger partial charge in [0.25, 0.3) is 0 Å². The molecule has 0 radical (unpaired) electrons. The molecule has 14 heavy (non-hydrogen) atoms. The topological polar surface area (TPSA) is 46.2 Å². The Morgan fingerprint density at radius 1 is 1.50 bits per heavy atom. The van der Waals surface area contributed by atoms with Crippen LogP contribution in [0.3, 0.4) is 0 Å². The van der Waals surface area contributed by atoms with Crippen molar-refractivity contribution in [1.82, 2.24) is 0 Å². The fraction of sp³-hybridized carbons (Fsp3) is 0.400. The molecule has 1 aromatic carbocycles. The Labute approximate surface area is 96.2 Å². The highest BCUT2D eigenvalue weighted by atomic mass is 79.9. The summed E-state index contributed by atoms with van der Waals surface area (Å²) in [5, 5.41) is 10.3. The largest absolute Gasteiger partial charge is 0.506 e. The Hall–Kier alpha value is -0.250. The summed E-state index contributed by atoms with van der Waals surface area (Å²) in [5.41, 5.74) is 6.78. The Kier molecular flexibility index (Phi) is 2.73. The number of phenols is 1. The van der Waals surface area contributed by atoms with Crippen LogP contribution in [0.1, 0.15) is 24.4 Å². The summed E-state index contributed by atoms with van der Waals surface area (Å²) in [6.07, 6.45) is 2.31. The average molecular weight is 277 g/mol. The zero-order valence-corrected chi connectivity index (χ0v) is 9.85. The summed E-state index contributed by atoms with van der Waals surface area (Å²) in [6, 6.07) is 3.48. The molecule has 1 saturated carbocycles. The lowest BCUT2D eigenvalue weighted by Crippen LogP contribution is -2.12. The number of phenolic OH excluding ortho intramolecular Hbond substituents is 1. The Balaban J connectivity index is 2.38. The van der Waals surface area contributed by atoms with Crippen LogP contribution in [0, 0.1) is 5.92 Å². The highest BCUT2D eigenvalue weighted by Gasteiger charge is 2.31. The fourth-order valence-corrected chi connectivity index (χ4v) is 2.05. The minimum atomic E-state index is -0.0661. The van der Waals surface area contributed by atoms with Crippen molar-refractivity contribution in [3.8, 4) is 5.75 Å². The van der Waals surface area contributed by atoms with Gasteiger partial charge in [-0.15, -0.1) is 0 Å². The summed E-state index contributed by atoms with van der Waals surface area (Å²) in [7, 11) is 0. The van der Waals surface area contributed by atoms with Crippen molar-refractivity contribution in [2.24, 2.45) is 11.7 Å². The maximum atomic E-state index is 9.81. The van der Waals surface area contributed by atoms with E-state index in [9.17, 15) is 5.11 Å². The van der Waals surface area contributed by atoms with Crippen molar-refractivity contribution >= 4 is 27.5 Å². The Morgan fingerprint density at radius 2 is 2.14 bits per heavy atom. The lowest BCUT2D eigenvalue weighted by Gasteiger charge is -2.14. The van der Waals surface area contributed by atoms with Gasteiger partial charge in [-0.1, -0.05) is 17.7 Å². The molecule has 0 aliphatic heterocycles. The summed E-state index contributed by atoms with van der Waals surface area (Å²) in [5.74, 6) is 0.700. The first-order valence-electron chi connectivity index (χ1n) is 4.53. The SMILES string of the molecule is NC(c1ccc(Cl)c(Br)c1O)C1CC1. The molecule has 0 heterocycles. The van der Waals surface area contributed by atoms with Gasteiger partial charge in [-0.2, -0.15) is 0 Å². The second-order valence-electron chi connectivity index (χ2n) is 3.66. The van der Waals surface area contributed by atoms with E-state index in [2.05, 4.69) is 15.9 Å². The molecule has 0 saturated heterocycles. The normalized spacial score (nSPS) is 18.2. The van der Waals surface area contributed by atoms with Gasteiger partial charge in [-0.3, -0.25) is 0 Å². The zero-order chi connectivity index (χ0) is 10.3. The molecule has 1 aliphatic rings. The minimum Gasteiger partial charge on any atom is -0.506 e. The molecule has 1 atom stereocenters. The molecule has 1 unspecified atom stereocenters. The van der Waals surface area contributed by atoms with E-state index in [1.165, 1.54) is 0 Å². The first kappa shape index (κ1) is 10.3. The second-order valence-corrected chi connectivity index (χ2v) is 4.86. The molecule has 3 N–H and O–H groups in total. The van der Waals surface area contributed by atoms with E-state index in [0.29, 0.717) is 15.4 Å². The summed E-state index contributed by atoms with van der Waals surface area (Å²) in [4.78, 5) is 0. The van der Waals surface area contributed by atoms with E-state index in [1.807, 2.05) is 0 Å². The number of hydrogen-bond donors (Lipinski definition) is 2. The average Bonchev–Trinajstić information content (AvgIpc) is 2.97. The third-order valence-corrected chi connectivity index (χ3v) is 3.94. The third kappa shape index (κ3) is 1.76. The van der Waals surface area contributed by atoms with E-state index in [-0.39, 0.29) is 11.8 Å². The van der Waals surface area contributed by atoms with Gasteiger partial charge >= 0.3 is 0 Å². The molecule has 0 spiro atoms. The number of halogens is 2. The molecule has 4 heteroatoms. The van der Waals surface area contributed by atoms with Gasteiger partial charge in [-0.25, -0.2) is 0 Å². The van der Waals surface area contributed by atoms with Crippen LogP contribution in [0.4, 0.5) is 0 Å². The fourth-order valence-electron chi connectivity index (χ4n) is 1.53. The summed E-state index contributed by atoms with van der Waals surface area (Å²) < 4.78 is 0.535.